The molecule has 112 valence electrons. The van der Waals surface area contributed by atoms with Crippen molar-refractivity contribution in [3.8, 4) is 5.75 Å². The van der Waals surface area contributed by atoms with Gasteiger partial charge in [-0.15, -0.1) is 0 Å². The summed E-state index contributed by atoms with van der Waals surface area (Å²) in [6, 6.07) is 6.52. The van der Waals surface area contributed by atoms with Gasteiger partial charge in [0.2, 0.25) is 0 Å². The predicted molar refractivity (Wildman–Crippen MR) is 79.3 cm³/mol. The first-order valence-electron chi connectivity index (χ1n) is 7.18. The molecule has 0 amide bonds. The molecule has 0 saturated heterocycles. The summed E-state index contributed by atoms with van der Waals surface area (Å²) in [5.41, 5.74) is 2.66. The Morgan fingerprint density at radius 3 is 2.80 bits per heavy atom. The lowest BCUT2D eigenvalue weighted by Crippen LogP contribution is -2.38. The molecule has 1 N–H and O–H groups in total. The van der Waals surface area contributed by atoms with Crippen LogP contribution >= 0.6 is 0 Å². The molecule has 4 nitrogen and oxygen atoms in total. The van der Waals surface area contributed by atoms with Gasteiger partial charge in [0.05, 0.1) is 32.0 Å². The maximum absolute atomic E-state index is 6.13. The molecule has 0 fully saturated rings. The van der Waals surface area contributed by atoms with Gasteiger partial charge in [-0.2, -0.15) is 0 Å². The van der Waals surface area contributed by atoms with Crippen LogP contribution in [0.15, 0.2) is 18.2 Å². The molecule has 1 aliphatic carbocycles. The highest BCUT2D eigenvalue weighted by atomic mass is 16.5. The summed E-state index contributed by atoms with van der Waals surface area (Å²) >= 11 is 0. The van der Waals surface area contributed by atoms with Gasteiger partial charge in [0.25, 0.3) is 0 Å². The predicted octanol–water partition coefficient (Wildman–Crippen LogP) is 2.32. The van der Waals surface area contributed by atoms with Gasteiger partial charge in [0, 0.05) is 7.11 Å². The third-order valence-corrected chi connectivity index (χ3v) is 3.87. The summed E-state index contributed by atoms with van der Waals surface area (Å²) in [6.45, 7) is 2.68. The monoisotopic (exact) mass is 279 g/mol. The average molecular weight is 279 g/mol. The van der Waals surface area contributed by atoms with Gasteiger partial charge >= 0.3 is 0 Å². The van der Waals surface area contributed by atoms with Gasteiger partial charge in [0.15, 0.2) is 0 Å². The number of ether oxygens (including phenoxy) is 3. The number of hydrogen-bond donors (Lipinski definition) is 1. The smallest absolute Gasteiger partial charge is 0.119 e. The second kappa shape index (κ2) is 7.07. The van der Waals surface area contributed by atoms with Crippen LogP contribution in [-0.2, 0) is 15.9 Å². The number of methoxy groups -OCH3 is 2. The van der Waals surface area contributed by atoms with Gasteiger partial charge < -0.3 is 19.5 Å². The maximum Gasteiger partial charge on any atom is 0.119 e. The van der Waals surface area contributed by atoms with Crippen LogP contribution in [0.4, 0.5) is 0 Å². The van der Waals surface area contributed by atoms with Crippen LogP contribution in [0.5, 0.6) is 5.75 Å². The van der Waals surface area contributed by atoms with E-state index in [-0.39, 0.29) is 18.2 Å². The van der Waals surface area contributed by atoms with Crippen molar-refractivity contribution in [1.29, 1.82) is 0 Å². The van der Waals surface area contributed by atoms with E-state index in [0.717, 1.165) is 18.6 Å². The Morgan fingerprint density at radius 2 is 2.15 bits per heavy atom. The minimum absolute atomic E-state index is 0.112. The summed E-state index contributed by atoms with van der Waals surface area (Å²) in [6.07, 6.45) is 2.33. The van der Waals surface area contributed by atoms with Crippen LogP contribution in [0.1, 0.15) is 30.5 Å². The third-order valence-electron chi connectivity index (χ3n) is 3.87. The standard InChI is InChI=1S/C16H25NO3/c1-11(10-18-3)20-15-8-5-12-9-13(19-4)6-7-14(12)16(15)17-2/h6-7,9,11,15-17H,5,8,10H2,1-4H3. The van der Waals surface area contributed by atoms with Crippen LogP contribution in [0.3, 0.4) is 0 Å². The molecule has 0 saturated carbocycles. The first-order chi connectivity index (χ1) is 9.69. The second-order valence-electron chi connectivity index (χ2n) is 5.31. The van der Waals surface area contributed by atoms with Crippen molar-refractivity contribution >= 4 is 0 Å². The van der Waals surface area contributed by atoms with Crippen molar-refractivity contribution in [2.24, 2.45) is 0 Å². The van der Waals surface area contributed by atoms with E-state index < -0.39 is 0 Å². The van der Waals surface area contributed by atoms with Gasteiger partial charge in [-0.1, -0.05) is 6.07 Å². The lowest BCUT2D eigenvalue weighted by Gasteiger charge is -2.35. The fourth-order valence-corrected chi connectivity index (χ4v) is 2.95. The summed E-state index contributed by atoms with van der Waals surface area (Å²) < 4.78 is 16.6. The van der Waals surface area contributed by atoms with Crippen LogP contribution < -0.4 is 10.1 Å². The molecule has 0 heterocycles. The maximum atomic E-state index is 6.13. The fourth-order valence-electron chi connectivity index (χ4n) is 2.95. The zero-order chi connectivity index (χ0) is 14.5. The normalized spacial score (nSPS) is 23.2. The molecule has 0 bridgehead atoms. The molecule has 1 aliphatic rings. The van der Waals surface area contributed by atoms with Gasteiger partial charge in [-0.3, -0.25) is 0 Å². The van der Waals surface area contributed by atoms with Crippen molar-refractivity contribution in [3.63, 3.8) is 0 Å². The van der Waals surface area contributed by atoms with Crippen LogP contribution in [0.2, 0.25) is 0 Å². The molecule has 1 aromatic carbocycles. The number of fused-ring (bicyclic) bond motifs is 1. The zero-order valence-corrected chi connectivity index (χ0v) is 12.8. The van der Waals surface area contributed by atoms with E-state index in [1.54, 1.807) is 14.2 Å². The van der Waals surface area contributed by atoms with Crippen molar-refractivity contribution in [2.75, 3.05) is 27.9 Å². The third kappa shape index (κ3) is 3.32. The van der Waals surface area contributed by atoms with E-state index in [1.807, 2.05) is 13.1 Å². The summed E-state index contributed by atoms with van der Waals surface area (Å²) in [4.78, 5) is 0. The van der Waals surface area contributed by atoms with Gasteiger partial charge in [-0.25, -0.2) is 0 Å². The number of nitrogens with one attached hydrogen (secondary N) is 1. The Balaban J connectivity index is 2.15. The Bertz CT molecular complexity index is 436. The van der Waals surface area contributed by atoms with Crippen LogP contribution in [0, 0.1) is 0 Å². The van der Waals surface area contributed by atoms with Gasteiger partial charge in [-0.05, 0) is 50.1 Å². The molecular formula is C16H25NO3. The van der Waals surface area contributed by atoms with E-state index in [2.05, 4.69) is 24.4 Å². The summed E-state index contributed by atoms with van der Waals surface area (Å²) in [5.74, 6) is 0.922. The van der Waals surface area contributed by atoms with E-state index >= 15 is 0 Å². The Hall–Kier alpha value is -1.10. The number of rotatable bonds is 6. The number of hydrogen-bond acceptors (Lipinski definition) is 4. The molecule has 0 spiro atoms. The first kappa shape index (κ1) is 15.3. The lowest BCUT2D eigenvalue weighted by atomic mass is 9.85. The Labute approximate surface area is 121 Å². The zero-order valence-electron chi connectivity index (χ0n) is 12.8. The molecule has 4 heteroatoms. The minimum atomic E-state index is 0.112. The van der Waals surface area contributed by atoms with Crippen LogP contribution in [-0.4, -0.2) is 40.1 Å². The van der Waals surface area contributed by atoms with Crippen molar-refractivity contribution < 1.29 is 14.2 Å². The number of aryl methyl sites for hydroxylation is 1. The number of benzene rings is 1. The Morgan fingerprint density at radius 1 is 1.35 bits per heavy atom. The quantitative estimate of drug-likeness (QED) is 0.867. The molecule has 0 aliphatic heterocycles. The minimum Gasteiger partial charge on any atom is -0.497 e. The second-order valence-corrected chi connectivity index (χ2v) is 5.31. The summed E-state index contributed by atoms with van der Waals surface area (Å²) in [7, 11) is 5.40. The number of likely N-dealkylation sites (N-methyl/N-ethyl adjacent to an activating group) is 1. The Kier molecular flexibility index (Phi) is 5.40. The van der Waals surface area contributed by atoms with Crippen molar-refractivity contribution in [3.05, 3.63) is 29.3 Å². The van der Waals surface area contributed by atoms with Crippen molar-refractivity contribution in [2.45, 2.75) is 38.0 Å². The first-order valence-corrected chi connectivity index (χ1v) is 7.18. The largest absolute Gasteiger partial charge is 0.497 e. The highest BCUT2D eigenvalue weighted by molar-refractivity contribution is 5.39. The SMILES string of the molecule is CNC1c2ccc(OC)cc2CCC1OC(C)COC. The lowest BCUT2D eigenvalue weighted by molar-refractivity contribution is -0.0588. The molecule has 2 rings (SSSR count). The molecular weight excluding hydrogens is 254 g/mol. The topological polar surface area (TPSA) is 39.7 Å². The van der Waals surface area contributed by atoms with Crippen LogP contribution in [0.25, 0.3) is 0 Å². The summed E-state index contributed by atoms with van der Waals surface area (Å²) in [5, 5.41) is 3.39. The molecule has 0 aromatic heterocycles. The molecule has 0 radical (unpaired) electrons. The van der Waals surface area contributed by atoms with Gasteiger partial charge in [0.1, 0.15) is 5.75 Å². The van der Waals surface area contributed by atoms with E-state index in [1.165, 1.54) is 11.1 Å². The van der Waals surface area contributed by atoms with E-state index in [0.29, 0.717) is 6.61 Å². The molecule has 3 unspecified atom stereocenters. The van der Waals surface area contributed by atoms with E-state index in [9.17, 15) is 0 Å². The molecule has 20 heavy (non-hydrogen) atoms. The average Bonchev–Trinajstić information content (AvgIpc) is 2.46. The molecule has 1 aromatic rings. The van der Waals surface area contributed by atoms with E-state index in [4.69, 9.17) is 14.2 Å². The molecule has 3 atom stereocenters. The highest BCUT2D eigenvalue weighted by Gasteiger charge is 2.30. The highest BCUT2D eigenvalue weighted by Crippen LogP contribution is 2.34. The van der Waals surface area contributed by atoms with Crippen molar-refractivity contribution in [1.82, 2.24) is 5.32 Å². The fraction of sp³-hybridized carbons (Fsp3) is 0.625.